The SMILES string of the molecule is COc1ccc([C@@H]2C(C(=O)OC[C@@H]3CCCO3)=C(C)NC3=C2C(=O)C[C@@H](c2cccs2)C3)c(OC)c1OC. The zero-order valence-corrected chi connectivity index (χ0v) is 22.9. The largest absolute Gasteiger partial charge is 0.493 e. The molecule has 9 heteroatoms. The zero-order chi connectivity index (χ0) is 26.8. The third-order valence-electron chi connectivity index (χ3n) is 7.46. The Morgan fingerprint density at radius 1 is 1.11 bits per heavy atom. The van der Waals surface area contributed by atoms with E-state index < -0.39 is 11.9 Å². The van der Waals surface area contributed by atoms with Gasteiger partial charge in [-0.3, -0.25) is 4.79 Å². The maximum atomic E-state index is 13.9. The number of Topliss-reactive ketones (excluding diaryl/α,β-unsaturated/α-hetero) is 1. The fraction of sp³-hybridized carbons (Fsp3) is 0.448. The first kappa shape index (κ1) is 26.3. The molecule has 3 aliphatic rings. The van der Waals surface area contributed by atoms with Gasteiger partial charge in [-0.15, -0.1) is 11.3 Å². The van der Waals surface area contributed by atoms with E-state index in [1.54, 1.807) is 31.6 Å². The molecule has 5 rings (SSSR count). The lowest BCUT2D eigenvalue weighted by Crippen LogP contribution is -2.36. The molecule has 202 valence electrons. The zero-order valence-electron chi connectivity index (χ0n) is 22.1. The average molecular weight is 540 g/mol. The second-order valence-electron chi connectivity index (χ2n) is 9.69. The number of rotatable bonds is 8. The van der Waals surface area contributed by atoms with Crippen LogP contribution in [0.25, 0.3) is 0 Å². The van der Waals surface area contributed by atoms with Gasteiger partial charge in [0, 0.05) is 46.4 Å². The highest BCUT2D eigenvalue weighted by atomic mass is 32.1. The minimum absolute atomic E-state index is 0.00378. The van der Waals surface area contributed by atoms with Crippen molar-refractivity contribution in [2.24, 2.45) is 0 Å². The molecule has 3 atom stereocenters. The lowest BCUT2D eigenvalue weighted by molar-refractivity contribution is -0.142. The van der Waals surface area contributed by atoms with Gasteiger partial charge in [-0.05, 0) is 43.7 Å². The van der Waals surface area contributed by atoms with Gasteiger partial charge in [0.1, 0.15) is 6.61 Å². The number of carbonyl (C=O) groups is 2. The minimum Gasteiger partial charge on any atom is -0.493 e. The molecule has 1 aromatic carbocycles. The lowest BCUT2D eigenvalue weighted by atomic mass is 9.72. The summed E-state index contributed by atoms with van der Waals surface area (Å²) in [5, 5.41) is 5.43. The molecule has 1 aliphatic carbocycles. The van der Waals surface area contributed by atoms with Crippen LogP contribution >= 0.6 is 11.3 Å². The van der Waals surface area contributed by atoms with Crippen LogP contribution in [-0.2, 0) is 19.1 Å². The molecule has 8 nitrogen and oxygen atoms in total. The van der Waals surface area contributed by atoms with Crippen LogP contribution in [0.5, 0.6) is 17.2 Å². The number of ketones is 1. The summed E-state index contributed by atoms with van der Waals surface area (Å²) in [7, 11) is 4.63. The summed E-state index contributed by atoms with van der Waals surface area (Å²) >= 11 is 1.66. The summed E-state index contributed by atoms with van der Waals surface area (Å²) < 4.78 is 28.4. The van der Waals surface area contributed by atoms with Crippen molar-refractivity contribution in [2.75, 3.05) is 34.5 Å². The van der Waals surface area contributed by atoms with Gasteiger partial charge in [-0.1, -0.05) is 12.1 Å². The van der Waals surface area contributed by atoms with Crippen LogP contribution in [0.3, 0.4) is 0 Å². The Balaban J connectivity index is 1.60. The third kappa shape index (κ3) is 4.80. The molecule has 2 aliphatic heterocycles. The fourth-order valence-electron chi connectivity index (χ4n) is 5.72. The number of allylic oxidation sites excluding steroid dienone is 3. The van der Waals surface area contributed by atoms with Crippen molar-refractivity contribution in [2.45, 2.75) is 50.5 Å². The Kier molecular flexibility index (Phi) is 7.76. The van der Waals surface area contributed by atoms with E-state index in [-0.39, 0.29) is 24.4 Å². The number of ether oxygens (including phenoxy) is 5. The van der Waals surface area contributed by atoms with Crippen molar-refractivity contribution in [3.63, 3.8) is 0 Å². The molecule has 0 spiro atoms. The Labute approximate surface area is 226 Å². The average Bonchev–Trinajstić information content (AvgIpc) is 3.64. The van der Waals surface area contributed by atoms with Gasteiger partial charge in [0.15, 0.2) is 17.3 Å². The third-order valence-corrected chi connectivity index (χ3v) is 8.50. The van der Waals surface area contributed by atoms with Crippen LogP contribution in [0.15, 0.2) is 52.2 Å². The summed E-state index contributed by atoms with van der Waals surface area (Å²) in [6.07, 6.45) is 2.73. The minimum atomic E-state index is -0.685. The Morgan fingerprint density at radius 3 is 2.58 bits per heavy atom. The van der Waals surface area contributed by atoms with E-state index >= 15 is 0 Å². The van der Waals surface area contributed by atoms with Crippen molar-refractivity contribution in [3.05, 3.63) is 62.6 Å². The number of thiophene rings is 1. The normalized spacial score (nSPS) is 23.2. The van der Waals surface area contributed by atoms with E-state index in [4.69, 9.17) is 23.7 Å². The predicted octanol–water partition coefficient (Wildman–Crippen LogP) is 4.86. The van der Waals surface area contributed by atoms with Crippen LogP contribution in [-0.4, -0.2) is 52.4 Å². The standard InChI is InChI=1S/C29H33NO7S/c1-16-24(29(32)37-15-18-7-5-11-36-18)25(19-9-10-22(33-2)28(35-4)27(19)34-3)26-20(30-16)13-17(14-21(26)31)23-8-6-12-38-23/h6,8-10,12,17-18,25,30H,5,7,11,13-15H2,1-4H3/t17-,18-,25+/m0/s1. The first-order chi connectivity index (χ1) is 18.5. The lowest BCUT2D eigenvalue weighted by Gasteiger charge is -2.37. The van der Waals surface area contributed by atoms with Crippen LogP contribution in [0.4, 0.5) is 0 Å². The van der Waals surface area contributed by atoms with E-state index in [0.717, 1.165) is 18.5 Å². The van der Waals surface area contributed by atoms with Crippen LogP contribution in [0, 0.1) is 0 Å². The van der Waals surface area contributed by atoms with E-state index in [1.165, 1.54) is 12.0 Å². The van der Waals surface area contributed by atoms with Gasteiger partial charge < -0.3 is 29.0 Å². The maximum Gasteiger partial charge on any atom is 0.336 e. The van der Waals surface area contributed by atoms with E-state index in [0.29, 0.717) is 59.1 Å². The monoisotopic (exact) mass is 539 g/mol. The van der Waals surface area contributed by atoms with Gasteiger partial charge in [0.25, 0.3) is 0 Å². The van der Waals surface area contributed by atoms with Crippen molar-refractivity contribution in [3.8, 4) is 17.2 Å². The van der Waals surface area contributed by atoms with Crippen molar-refractivity contribution in [1.29, 1.82) is 0 Å². The van der Waals surface area contributed by atoms with Crippen molar-refractivity contribution in [1.82, 2.24) is 5.32 Å². The number of hydrogen-bond donors (Lipinski definition) is 1. The van der Waals surface area contributed by atoms with Crippen LogP contribution in [0.2, 0.25) is 0 Å². The van der Waals surface area contributed by atoms with Gasteiger partial charge in [0.2, 0.25) is 5.75 Å². The van der Waals surface area contributed by atoms with Crippen molar-refractivity contribution >= 4 is 23.1 Å². The molecule has 2 aromatic rings. The predicted molar refractivity (Wildman–Crippen MR) is 143 cm³/mol. The second kappa shape index (κ2) is 11.2. The summed E-state index contributed by atoms with van der Waals surface area (Å²) in [4.78, 5) is 28.7. The summed E-state index contributed by atoms with van der Waals surface area (Å²) in [6.45, 7) is 2.70. The number of carbonyl (C=O) groups excluding carboxylic acids is 2. The van der Waals surface area contributed by atoms with Gasteiger partial charge in [-0.2, -0.15) is 0 Å². The quantitative estimate of drug-likeness (QED) is 0.476. The summed E-state index contributed by atoms with van der Waals surface area (Å²) in [6, 6.07) is 7.68. The highest BCUT2D eigenvalue weighted by molar-refractivity contribution is 7.10. The van der Waals surface area contributed by atoms with Gasteiger partial charge in [-0.25, -0.2) is 4.79 Å². The van der Waals surface area contributed by atoms with Gasteiger partial charge in [0.05, 0.1) is 38.9 Å². The molecule has 0 saturated carbocycles. The molecule has 0 unspecified atom stereocenters. The van der Waals surface area contributed by atoms with Gasteiger partial charge >= 0.3 is 5.97 Å². The molecule has 1 N–H and O–H groups in total. The number of hydrogen-bond acceptors (Lipinski definition) is 9. The Bertz CT molecular complexity index is 1270. The Morgan fingerprint density at radius 2 is 1.92 bits per heavy atom. The molecular weight excluding hydrogens is 506 g/mol. The molecular formula is C29H33NO7S. The highest BCUT2D eigenvalue weighted by Crippen LogP contribution is 2.51. The summed E-state index contributed by atoms with van der Waals surface area (Å²) in [5.41, 5.74) is 3.08. The highest BCUT2D eigenvalue weighted by Gasteiger charge is 2.43. The number of dihydropyridines is 1. The number of esters is 1. The second-order valence-corrected chi connectivity index (χ2v) is 10.7. The molecule has 1 fully saturated rings. The smallest absolute Gasteiger partial charge is 0.336 e. The molecule has 1 saturated heterocycles. The maximum absolute atomic E-state index is 13.9. The van der Waals surface area contributed by atoms with E-state index in [2.05, 4.69) is 11.4 Å². The molecule has 0 amide bonds. The topological polar surface area (TPSA) is 92.3 Å². The molecule has 3 heterocycles. The number of benzene rings is 1. The molecule has 38 heavy (non-hydrogen) atoms. The number of nitrogens with one attached hydrogen (secondary N) is 1. The molecule has 0 bridgehead atoms. The van der Waals surface area contributed by atoms with Crippen molar-refractivity contribution < 1.29 is 33.3 Å². The molecule has 0 radical (unpaired) electrons. The fourth-order valence-corrected chi connectivity index (χ4v) is 6.55. The van der Waals surface area contributed by atoms with E-state index in [1.807, 2.05) is 24.4 Å². The van der Waals surface area contributed by atoms with E-state index in [9.17, 15) is 9.59 Å². The van der Waals surface area contributed by atoms with Crippen LogP contribution < -0.4 is 19.5 Å². The van der Waals surface area contributed by atoms with Crippen LogP contribution in [0.1, 0.15) is 54.9 Å². The first-order valence-corrected chi connectivity index (χ1v) is 13.7. The number of methoxy groups -OCH3 is 3. The Hall–Kier alpha value is -3.30. The molecule has 1 aromatic heterocycles. The summed E-state index contributed by atoms with van der Waals surface area (Å²) in [5.74, 6) is 0.223. The first-order valence-electron chi connectivity index (χ1n) is 12.8.